The quantitative estimate of drug-likeness (QED) is 0.856. The van der Waals surface area contributed by atoms with Crippen molar-refractivity contribution in [2.75, 3.05) is 0 Å². The monoisotopic (exact) mass is 260 g/mol. The SMILES string of the molecule is CC1CCC(O)C(Cc2csc3ccccc23)C1. The molecule has 0 radical (unpaired) electrons. The Labute approximate surface area is 112 Å². The smallest absolute Gasteiger partial charge is 0.0571 e. The minimum atomic E-state index is -0.0973. The molecule has 1 fully saturated rings. The van der Waals surface area contributed by atoms with Gasteiger partial charge in [-0.2, -0.15) is 0 Å². The highest BCUT2D eigenvalue weighted by molar-refractivity contribution is 7.17. The summed E-state index contributed by atoms with van der Waals surface area (Å²) < 4.78 is 1.37. The Morgan fingerprint density at radius 2 is 2.11 bits per heavy atom. The molecular weight excluding hydrogens is 240 g/mol. The fourth-order valence-corrected chi connectivity index (χ4v) is 4.15. The van der Waals surface area contributed by atoms with E-state index in [0.29, 0.717) is 5.92 Å². The fourth-order valence-electron chi connectivity index (χ4n) is 3.18. The van der Waals surface area contributed by atoms with Gasteiger partial charge in [-0.1, -0.05) is 25.1 Å². The standard InChI is InChI=1S/C16H20OS/c1-11-6-7-15(17)12(8-11)9-13-10-18-16-5-3-2-4-14(13)16/h2-5,10-12,15,17H,6-9H2,1H3. The molecule has 3 unspecified atom stereocenters. The molecule has 1 aliphatic carbocycles. The van der Waals surface area contributed by atoms with Gasteiger partial charge in [0.15, 0.2) is 0 Å². The van der Waals surface area contributed by atoms with Gasteiger partial charge in [-0.3, -0.25) is 0 Å². The Kier molecular flexibility index (Phi) is 3.40. The van der Waals surface area contributed by atoms with Gasteiger partial charge in [-0.15, -0.1) is 11.3 Å². The van der Waals surface area contributed by atoms with E-state index < -0.39 is 0 Å². The Bertz CT molecular complexity index is 531. The molecule has 96 valence electrons. The fraction of sp³-hybridized carbons (Fsp3) is 0.500. The number of rotatable bonds is 2. The van der Waals surface area contributed by atoms with Gasteiger partial charge < -0.3 is 5.11 Å². The summed E-state index contributed by atoms with van der Waals surface area (Å²) in [6, 6.07) is 8.60. The van der Waals surface area contributed by atoms with Crippen molar-refractivity contribution >= 4 is 21.4 Å². The Morgan fingerprint density at radius 3 is 3.00 bits per heavy atom. The summed E-state index contributed by atoms with van der Waals surface area (Å²) in [7, 11) is 0. The topological polar surface area (TPSA) is 20.2 Å². The van der Waals surface area contributed by atoms with Crippen LogP contribution in [0.25, 0.3) is 10.1 Å². The summed E-state index contributed by atoms with van der Waals surface area (Å²) in [5.41, 5.74) is 1.42. The lowest BCUT2D eigenvalue weighted by Crippen LogP contribution is -2.29. The molecule has 1 aromatic carbocycles. The molecule has 0 amide bonds. The highest BCUT2D eigenvalue weighted by atomic mass is 32.1. The van der Waals surface area contributed by atoms with Gasteiger partial charge in [0.05, 0.1) is 6.10 Å². The molecular formula is C16H20OS. The van der Waals surface area contributed by atoms with Crippen LogP contribution in [0.3, 0.4) is 0 Å². The van der Waals surface area contributed by atoms with Crippen LogP contribution in [0.15, 0.2) is 29.6 Å². The number of benzene rings is 1. The molecule has 3 rings (SSSR count). The average molecular weight is 260 g/mol. The maximum absolute atomic E-state index is 10.2. The molecule has 1 aliphatic rings. The first-order valence-electron chi connectivity index (χ1n) is 6.87. The molecule has 1 nitrogen and oxygen atoms in total. The van der Waals surface area contributed by atoms with Gasteiger partial charge >= 0.3 is 0 Å². The van der Waals surface area contributed by atoms with Crippen LogP contribution in [0.5, 0.6) is 0 Å². The summed E-state index contributed by atoms with van der Waals surface area (Å²) in [6.45, 7) is 2.31. The summed E-state index contributed by atoms with van der Waals surface area (Å²) in [6.07, 6.45) is 4.27. The lowest BCUT2D eigenvalue weighted by Gasteiger charge is -2.31. The van der Waals surface area contributed by atoms with Gasteiger partial charge in [0, 0.05) is 4.70 Å². The number of aliphatic hydroxyl groups excluding tert-OH is 1. The van der Waals surface area contributed by atoms with Crippen molar-refractivity contribution in [3.8, 4) is 0 Å². The van der Waals surface area contributed by atoms with Crippen molar-refractivity contribution in [3.63, 3.8) is 0 Å². The molecule has 1 saturated carbocycles. The van der Waals surface area contributed by atoms with Crippen LogP contribution >= 0.6 is 11.3 Å². The van der Waals surface area contributed by atoms with Crippen LogP contribution in [-0.4, -0.2) is 11.2 Å². The maximum Gasteiger partial charge on any atom is 0.0571 e. The van der Waals surface area contributed by atoms with Crippen molar-refractivity contribution in [2.45, 2.75) is 38.7 Å². The largest absolute Gasteiger partial charge is 0.393 e. The molecule has 2 heteroatoms. The minimum absolute atomic E-state index is 0.0973. The van der Waals surface area contributed by atoms with Crippen LogP contribution in [0, 0.1) is 11.8 Å². The van der Waals surface area contributed by atoms with Crippen molar-refractivity contribution in [2.24, 2.45) is 11.8 Å². The first kappa shape index (κ1) is 12.2. The van der Waals surface area contributed by atoms with E-state index in [4.69, 9.17) is 0 Å². The molecule has 2 aromatic rings. The van der Waals surface area contributed by atoms with Crippen molar-refractivity contribution in [1.82, 2.24) is 0 Å². The zero-order valence-corrected chi connectivity index (χ0v) is 11.6. The van der Waals surface area contributed by atoms with Crippen molar-refractivity contribution < 1.29 is 5.11 Å². The highest BCUT2D eigenvalue weighted by Crippen LogP contribution is 2.34. The molecule has 0 saturated heterocycles. The zero-order chi connectivity index (χ0) is 12.5. The van der Waals surface area contributed by atoms with Crippen LogP contribution in [0.1, 0.15) is 31.7 Å². The predicted molar refractivity (Wildman–Crippen MR) is 78.0 cm³/mol. The summed E-state index contributed by atoms with van der Waals surface area (Å²) >= 11 is 1.82. The number of fused-ring (bicyclic) bond motifs is 1. The first-order valence-corrected chi connectivity index (χ1v) is 7.75. The molecule has 1 N–H and O–H groups in total. The Morgan fingerprint density at radius 1 is 1.28 bits per heavy atom. The van der Waals surface area contributed by atoms with E-state index in [2.05, 4.69) is 36.6 Å². The number of thiophene rings is 1. The average Bonchev–Trinajstić information content (AvgIpc) is 2.78. The van der Waals surface area contributed by atoms with E-state index in [0.717, 1.165) is 18.8 Å². The maximum atomic E-state index is 10.2. The molecule has 3 atom stereocenters. The predicted octanol–water partition coefficient (Wildman–Crippen LogP) is 4.24. The lowest BCUT2D eigenvalue weighted by atomic mass is 9.77. The van der Waals surface area contributed by atoms with Gasteiger partial charge in [0.2, 0.25) is 0 Å². The molecule has 1 heterocycles. The molecule has 0 aliphatic heterocycles. The van der Waals surface area contributed by atoms with Gasteiger partial charge in [-0.25, -0.2) is 0 Å². The van der Waals surface area contributed by atoms with Gasteiger partial charge in [-0.05, 0) is 59.9 Å². The number of aliphatic hydroxyl groups is 1. The third-order valence-electron chi connectivity index (χ3n) is 4.25. The van der Waals surface area contributed by atoms with E-state index in [-0.39, 0.29) is 6.10 Å². The zero-order valence-electron chi connectivity index (χ0n) is 10.8. The molecule has 0 spiro atoms. The normalized spacial score (nSPS) is 28.7. The second-order valence-corrected chi connectivity index (χ2v) is 6.62. The Balaban J connectivity index is 1.83. The Hall–Kier alpha value is -0.860. The summed E-state index contributed by atoms with van der Waals surface area (Å²) in [5, 5.41) is 13.8. The third kappa shape index (κ3) is 2.32. The summed E-state index contributed by atoms with van der Waals surface area (Å²) in [5.74, 6) is 1.22. The summed E-state index contributed by atoms with van der Waals surface area (Å²) in [4.78, 5) is 0. The number of hydrogen-bond donors (Lipinski definition) is 1. The van der Waals surface area contributed by atoms with E-state index >= 15 is 0 Å². The first-order chi connectivity index (χ1) is 8.74. The third-order valence-corrected chi connectivity index (χ3v) is 5.26. The van der Waals surface area contributed by atoms with Crippen LogP contribution in [0.2, 0.25) is 0 Å². The number of hydrogen-bond acceptors (Lipinski definition) is 2. The van der Waals surface area contributed by atoms with Gasteiger partial charge in [0.1, 0.15) is 0 Å². The van der Waals surface area contributed by atoms with Crippen molar-refractivity contribution in [3.05, 3.63) is 35.2 Å². The van der Waals surface area contributed by atoms with Crippen LogP contribution in [0.4, 0.5) is 0 Å². The van der Waals surface area contributed by atoms with E-state index in [1.165, 1.54) is 28.5 Å². The lowest BCUT2D eigenvalue weighted by molar-refractivity contribution is 0.0521. The van der Waals surface area contributed by atoms with Gasteiger partial charge in [0.25, 0.3) is 0 Å². The molecule has 0 bridgehead atoms. The highest BCUT2D eigenvalue weighted by Gasteiger charge is 2.27. The second-order valence-electron chi connectivity index (χ2n) is 5.71. The van der Waals surface area contributed by atoms with E-state index in [1.54, 1.807) is 0 Å². The van der Waals surface area contributed by atoms with Crippen molar-refractivity contribution in [1.29, 1.82) is 0 Å². The second kappa shape index (κ2) is 5.02. The molecule has 1 aromatic heterocycles. The minimum Gasteiger partial charge on any atom is -0.393 e. The van der Waals surface area contributed by atoms with E-state index in [1.807, 2.05) is 11.3 Å². The van der Waals surface area contributed by atoms with Crippen LogP contribution in [-0.2, 0) is 6.42 Å². The van der Waals surface area contributed by atoms with E-state index in [9.17, 15) is 5.11 Å². The van der Waals surface area contributed by atoms with Crippen LogP contribution < -0.4 is 0 Å². The molecule has 18 heavy (non-hydrogen) atoms.